The van der Waals surface area contributed by atoms with Crippen LogP contribution >= 0.6 is 0 Å². The number of rotatable bonds is 16. The van der Waals surface area contributed by atoms with Crippen LogP contribution in [0.4, 0.5) is 23.3 Å². The summed E-state index contributed by atoms with van der Waals surface area (Å²) < 4.78 is 0. The number of hydrogen-bond acceptors (Lipinski definition) is 4. The molecule has 0 radical (unpaired) electrons. The number of nitrogens with zero attached hydrogens (tertiary/aromatic N) is 4. The predicted octanol–water partition coefficient (Wildman–Crippen LogP) is 12.7. The molecule has 1 aliphatic rings. The zero-order chi connectivity index (χ0) is 41.0. The van der Waals surface area contributed by atoms with E-state index in [0.717, 1.165) is 116 Å². The molecule has 8 aromatic rings. The van der Waals surface area contributed by atoms with E-state index in [2.05, 4.69) is 120 Å². The summed E-state index contributed by atoms with van der Waals surface area (Å²) in [5, 5.41) is 8.66. The Morgan fingerprint density at radius 1 is 0.317 bits per heavy atom. The van der Waals surface area contributed by atoms with Gasteiger partial charge in [-0.2, -0.15) is 0 Å². The highest BCUT2D eigenvalue weighted by Crippen LogP contribution is 2.37. The molecule has 8 bridgehead atoms. The lowest BCUT2D eigenvalue weighted by Crippen LogP contribution is -2.12. The monoisotopic (exact) mass is 796 g/mol. The number of nitrogens with one attached hydrogen (secondary N) is 4. The van der Waals surface area contributed by atoms with Gasteiger partial charge in [-0.1, -0.05) is 152 Å². The van der Waals surface area contributed by atoms with Gasteiger partial charge in [-0.25, -0.2) is 20.0 Å². The number of H-pyrrole nitrogens is 4. The van der Waals surface area contributed by atoms with E-state index in [1.165, 1.54) is 86.1 Å². The first kappa shape index (κ1) is 39.7. The Bertz CT molecular complexity index is 2860. The molecule has 0 atom stereocenters. The maximum atomic E-state index is 5.65. The number of aromatic nitrogens is 4. The molecule has 9 rings (SSSR count). The molecule has 4 aromatic carbocycles. The van der Waals surface area contributed by atoms with Crippen molar-refractivity contribution in [1.29, 1.82) is 0 Å². The fourth-order valence-electron chi connectivity index (χ4n) is 9.66. The molecule has 0 saturated carbocycles. The van der Waals surface area contributed by atoms with Crippen LogP contribution in [0.2, 0.25) is 0 Å². The number of aryl methyl sites for hydroxylation is 2. The van der Waals surface area contributed by atoms with Crippen molar-refractivity contribution in [2.75, 3.05) is 0 Å². The summed E-state index contributed by atoms with van der Waals surface area (Å²) in [4.78, 5) is 36.9. The zero-order valence-corrected chi connectivity index (χ0v) is 36.0. The summed E-state index contributed by atoms with van der Waals surface area (Å²) >= 11 is 0. The van der Waals surface area contributed by atoms with Gasteiger partial charge >= 0.3 is 0 Å². The van der Waals surface area contributed by atoms with E-state index >= 15 is 0 Å². The highest BCUT2D eigenvalue weighted by atomic mass is 15.1. The van der Waals surface area contributed by atoms with Crippen LogP contribution in [0, 0.1) is 0 Å². The Morgan fingerprint density at radius 2 is 0.600 bits per heavy atom. The quantitative estimate of drug-likeness (QED) is 0.0698. The van der Waals surface area contributed by atoms with Gasteiger partial charge in [0.15, 0.2) is 0 Å². The molecule has 0 aliphatic carbocycles. The summed E-state index contributed by atoms with van der Waals surface area (Å²) in [5.41, 5.74) is 9.41. The van der Waals surface area contributed by atoms with Crippen LogP contribution in [0.3, 0.4) is 0 Å². The van der Waals surface area contributed by atoms with Gasteiger partial charge in [0.25, 0.3) is 0 Å². The van der Waals surface area contributed by atoms with Crippen molar-refractivity contribution in [2.45, 2.75) is 130 Å². The second-order valence-corrected chi connectivity index (χ2v) is 16.9. The third kappa shape index (κ3) is 7.50. The number of hydrogen-bond donors (Lipinski definition) is 4. The van der Waals surface area contributed by atoms with Crippen LogP contribution in [0.5, 0.6) is 0 Å². The van der Waals surface area contributed by atoms with Gasteiger partial charge in [0, 0.05) is 43.1 Å². The minimum absolute atomic E-state index is 0.755. The lowest BCUT2D eigenvalue weighted by molar-refractivity contribution is 0.670. The molecule has 0 fully saturated rings. The first-order valence-electron chi connectivity index (χ1n) is 23.0. The van der Waals surface area contributed by atoms with Gasteiger partial charge in [0.05, 0.1) is 0 Å². The van der Waals surface area contributed by atoms with Crippen LogP contribution in [-0.2, 0) is 25.7 Å². The molecule has 0 amide bonds. The fourth-order valence-corrected chi connectivity index (χ4v) is 9.66. The fraction of sp³-hybridized carbons (Fsp3) is 0.385. The van der Waals surface area contributed by atoms with Gasteiger partial charge in [-0.3, -0.25) is 0 Å². The molecular formula is C52H60N8. The molecule has 60 heavy (non-hydrogen) atoms. The van der Waals surface area contributed by atoms with E-state index < -0.39 is 0 Å². The van der Waals surface area contributed by atoms with E-state index in [-0.39, 0.29) is 0 Å². The first-order chi connectivity index (χ1) is 29.6. The van der Waals surface area contributed by atoms with Crippen molar-refractivity contribution < 1.29 is 0 Å². The molecule has 4 aromatic heterocycles. The third-order valence-electron chi connectivity index (χ3n) is 12.7. The Balaban J connectivity index is 1.46. The van der Waals surface area contributed by atoms with Crippen LogP contribution in [-0.4, -0.2) is 19.9 Å². The van der Waals surface area contributed by atoms with Gasteiger partial charge in [0.1, 0.15) is 45.2 Å². The molecule has 308 valence electrons. The molecule has 4 N–H and O–H groups in total. The van der Waals surface area contributed by atoms with Crippen molar-refractivity contribution in [1.82, 2.24) is 19.9 Å². The van der Waals surface area contributed by atoms with E-state index in [0.29, 0.717) is 0 Å². The van der Waals surface area contributed by atoms with Crippen molar-refractivity contribution >= 4 is 66.4 Å². The summed E-state index contributed by atoms with van der Waals surface area (Å²) in [5.74, 6) is 3.13. The lowest BCUT2D eigenvalue weighted by atomic mass is 9.82. The summed E-state index contributed by atoms with van der Waals surface area (Å²) in [6.07, 6.45) is 18.7. The maximum absolute atomic E-state index is 5.65. The Kier molecular flexibility index (Phi) is 11.8. The number of benzene rings is 4. The van der Waals surface area contributed by atoms with Crippen molar-refractivity contribution in [3.63, 3.8) is 0 Å². The van der Waals surface area contributed by atoms with E-state index in [9.17, 15) is 0 Å². The summed E-state index contributed by atoms with van der Waals surface area (Å²) in [6, 6.07) is 25.3. The molecular weight excluding hydrogens is 737 g/mol. The molecule has 0 unspecified atom stereocenters. The average Bonchev–Trinajstić information content (AvgIpc) is 4.01. The third-order valence-corrected chi connectivity index (χ3v) is 12.7. The largest absolute Gasteiger partial charge is 0.324 e. The van der Waals surface area contributed by atoms with Crippen LogP contribution < -0.4 is 22.0 Å². The van der Waals surface area contributed by atoms with Gasteiger partial charge in [-0.05, 0) is 73.6 Å². The number of fused-ring (bicyclic) bond motifs is 20. The van der Waals surface area contributed by atoms with Crippen molar-refractivity contribution in [3.05, 3.63) is 117 Å². The van der Waals surface area contributed by atoms with Gasteiger partial charge < -0.3 is 19.9 Å². The maximum Gasteiger partial charge on any atom is 0.142 e. The van der Waals surface area contributed by atoms with Crippen LogP contribution in [0.15, 0.2) is 92.8 Å². The molecule has 1 aliphatic heterocycles. The topological polar surface area (TPSA) is 113 Å². The molecule has 5 heterocycles. The molecule has 0 spiro atoms. The Labute approximate surface area is 352 Å². The average molecular weight is 797 g/mol. The van der Waals surface area contributed by atoms with Gasteiger partial charge in [-0.15, -0.1) is 0 Å². The molecule has 0 saturated heterocycles. The highest BCUT2D eigenvalue weighted by Gasteiger charge is 2.24. The second kappa shape index (κ2) is 17.8. The minimum Gasteiger partial charge on any atom is -0.324 e. The van der Waals surface area contributed by atoms with E-state index in [1.807, 2.05) is 0 Å². The standard InChI is InChI=1S/C52H60N8/c1-5-9-13-23-33-34(24-14-10-6-2)36(26-16-12-8-4)44-43(35(33)25-15-11-7-3)51-58-49-41-31-21-19-29-39(41)47(56-49)54-45-37-27-17-18-28-38(37)46(53-45)55-48-40-30-20-22-32-42(40)50(57-48)59-52(44)60-51/h17-22,27-32H,5-16,23-26H2,1-4H3,(H4,53,54,55,56,57,58,59,60). The lowest BCUT2D eigenvalue weighted by Gasteiger charge is -2.22. The van der Waals surface area contributed by atoms with Crippen molar-refractivity contribution in [3.8, 4) is 0 Å². The smallest absolute Gasteiger partial charge is 0.142 e. The number of aromatic amines is 4. The van der Waals surface area contributed by atoms with Crippen molar-refractivity contribution in [2.24, 2.45) is 20.0 Å². The molecule has 8 heteroatoms. The van der Waals surface area contributed by atoms with E-state index in [4.69, 9.17) is 20.0 Å². The van der Waals surface area contributed by atoms with E-state index in [1.54, 1.807) is 11.1 Å². The SMILES string of the molecule is CCCCCc1c(CCCCC)c(CCCCC)c2c3[nH]c(c2c1CCCCC)=Nc1[nH]c(c2ccccc12)N=c1[nH]c(c2ccccc12)=Nc1[nH]c(c2ccccc12)N=3. The molecule has 8 nitrogen and oxygen atoms in total. The van der Waals surface area contributed by atoms with Crippen LogP contribution in [0.25, 0.3) is 43.1 Å². The Hall–Kier alpha value is -5.76. The second-order valence-electron chi connectivity index (χ2n) is 16.9. The predicted molar refractivity (Wildman–Crippen MR) is 249 cm³/mol. The summed E-state index contributed by atoms with van der Waals surface area (Å²) in [7, 11) is 0. The summed E-state index contributed by atoms with van der Waals surface area (Å²) in [6.45, 7) is 9.27. The van der Waals surface area contributed by atoms with Crippen LogP contribution in [0.1, 0.15) is 127 Å². The normalized spacial score (nSPS) is 12.6. The number of unbranched alkanes of at least 4 members (excludes halogenated alkanes) is 8. The minimum atomic E-state index is 0.755. The highest BCUT2D eigenvalue weighted by molar-refractivity contribution is 6.01. The van der Waals surface area contributed by atoms with Gasteiger partial charge in [0.2, 0.25) is 0 Å². The first-order valence-corrected chi connectivity index (χ1v) is 23.0. The zero-order valence-electron chi connectivity index (χ0n) is 36.0. The Morgan fingerprint density at radius 3 is 0.933 bits per heavy atom.